The van der Waals surface area contributed by atoms with Crippen LogP contribution in [0.3, 0.4) is 0 Å². The molecule has 2 N–H and O–H groups in total. The molecule has 0 fully saturated rings. The van der Waals surface area contributed by atoms with E-state index in [9.17, 15) is 5.26 Å². The standard InChI is InChI=1S/C16H20N6S/c1-21(2)4-5-23-15-6-12(14-10-20-22(3)11-14)9-19-16(15)13(7-17)8-18/h6-7,9-11,17,19H,4-5H2,1-3H3/b16-13+,17-7?. The molecule has 0 unspecified atom stereocenters. The molecule has 0 aromatic carbocycles. The summed E-state index contributed by atoms with van der Waals surface area (Å²) in [6.07, 6.45) is 8.74. The molecule has 23 heavy (non-hydrogen) atoms. The molecule has 0 aliphatic carbocycles. The average Bonchev–Trinajstić information content (AvgIpc) is 2.96. The van der Waals surface area contributed by atoms with Crippen LogP contribution < -0.4 is 5.32 Å². The Morgan fingerprint density at radius 2 is 2.35 bits per heavy atom. The number of hydrogen-bond acceptors (Lipinski definition) is 6. The van der Waals surface area contributed by atoms with Crippen molar-refractivity contribution < 1.29 is 0 Å². The molecule has 6 nitrogen and oxygen atoms in total. The number of aromatic nitrogens is 2. The fraction of sp³-hybridized carbons (Fsp3) is 0.312. The molecular weight excluding hydrogens is 308 g/mol. The van der Waals surface area contributed by atoms with Crippen molar-refractivity contribution in [2.75, 3.05) is 26.4 Å². The van der Waals surface area contributed by atoms with E-state index in [4.69, 9.17) is 5.41 Å². The van der Waals surface area contributed by atoms with Crippen molar-refractivity contribution in [3.63, 3.8) is 0 Å². The first kappa shape index (κ1) is 17.1. The Balaban J connectivity index is 2.31. The van der Waals surface area contributed by atoms with Crippen LogP contribution in [0.25, 0.3) is 5.57 Å². The molecule has 2 heterocycles. The maximum atomic E-state index is 9.22. The molecule has 1 aliphatic rings. The Morgan fingerprint density at radius 3 is 2.91 bits per heavy atom. The van der Waals surface area contributed by atoms with Crippen LogP contribution in [-0.4, -0.2) is 47.3 Å². The van der Waals surface area contributed by atoms with Crippen LogP contribution in [-0.2, 0) is 7.05 Å². The number of hydrogen-bond donors (Lipinski definition) is 2. The fourth-order valence-electron chi connectivity index (χ4n) is 2.04. The summed E-state index contributed by atoms with van der Waals surface area (Å²) in [6, 6.07) is 2.07. The van der Waals surface area contributed by atoms with Crippen LogP contribution in [0.1, 0.15) is 5.56 Å². The quantitative estimate of drug-likeness (QED) is 0.616. The van der Waals surface area contributed by atoms with E-state index < -0.39 is 0 Å². The second-order valence-electron chi connectivity index (χ2n) is 5.35. The zero-order valence-corrected chi connectivity index (χ0v) is 14.3. The highest BCUT2D eigenvalue weighted by molar-refractivity contribution is 8.03. The molecule has 7 heteroatoms. The minimum atomic E-state index is 0.329. The molecule has 0 saturated heterocycles. The molecule has 0 bridgehead atoms. The zero-order chi connectivity index (χ0) is 16.8. The van der Waals surface area contributed by atoms with Gasteiger partial charge in [-0.2, -0.15) is 10.4 Å². The van der Waals surface area contributed by atoms with Gasteiger partial charge in [0, 0.05) is 54.0 Å². The first-order valence-electron chi connectivity index (χ1n) is 7.15. The Kier molecular flexibility index (Phi) is 5.79. The van der Waals surface area contributed by atoms with Crippen LogP contribution in [0, 0.1) is 16.7 Å². The van der Waals surface area contributed by atoms with Gasteiger partial charge in [0.25, 0.3) is 0 Å². The van der Waals surface area contributed by atoms with Crippen LogP contribution in [0.15, 0.2) is 40.8 Å². The van der Waals surface area contributed by atoms with Gasteiger partial charge in [-0.1, -0.05) is 0 Å². The van der Waals surface area contributed by atoms with E-state index in [1.165, 1.54) is 0 Å². The highest BCUT2D eigenvalue weighted by atomic mass is 32.2. The van der Waals surface area contributed by atoms with Crippen molar-refractivity contribution >= 4 is 23.5 Å². The average molecular weight is 328 g/mol. The molecule has 120 valence electrons. The van der Waals surface area contributed by atoms with E-state index in [1.54, 1.807) is 16.4 Å². The number of thioether (sulfide) groups is 1. The second-order valence-corrected chi connectivity index (χ2v) is 6.49. The van der Waals surface area contributed by atoms with Gasteiger partial charge in [0.05, 0.1) is 17.5 Å². The normalized spacial score (nSPS) is 16.3. The third kappa shape index (κ3) is 4.34. The minimum Gasteiger partial charge on any atom is -0.359 e. The van der Waals surface area contributed by atoms with Gasteiger partial charge in [-0.15, -0.1) is 11.8 Å². The summed E-state index contributed by atoms with van der Waals surface area (Å²) in [6.45, 7) is 0.938. The van der Waals surface area contributed by atoms with E-state index in [1.807, 2.05) is 45.8 Å². The molecule has 2 rings (SSSR count). The van der Waals surface area contributed by atoms with Crippen LogP contribution >= 0.6 is 11.8 Å². The van der Waals surface area contributed by atoms with Crippen molar-refractivity contribution in [2.24, 2.45) is 7.05 Å². The third-order valence-electron chi connectivity index (χ3n) is 3.27. The van der Waals surface area contributed by atoms with Gasteiger partial charge in [-0.25, -0.2) is 0 Å². The van der Waals surface area contributed by atoms with E-state index in [-0.39, 0.29) is 0 Å². The van der Waals surface area contributed by atoms with E-state index >= 15 is 0 Å². The predicted octanol–water partition coefficient (Wildman–Crippen LogP) is 1.97. The number of aryl methyl sites for hydroxylation is 1. The SMILES string of the molecule is CN(C)CCSC1=CC(c2cnn(C)c2)=CN/C1=C(/C#N)C=N. The van der Waals surface area contributed by atoms with Crippen molar-refractivity contribution in [1.82, 2.24) is 20.0 Å². The summed E-state index contributed by atoms with van der Waals surface area (Å²) in [5.41, 5.74) is 3.04. The first-order chi connectivity index (χ1) is 11.0. The van der Waals surface area contributed by atoms with Gasteiger partial charge in [-0.05, 0) is 20.2 Å². The van der Waals surface area contributed by atoms with E-state index in [2.05, 4.69) is 21.4 Å². The lowest BCUT2D eigenvalue weighted by molar-refractivity contribution is 0.437. The van der Waals surface area contributed by atoms with Crippen LogP contribution in [0.5, 0.6) is 0 Å². The molecule has 1 aliphatic heterocycles. The molecule has 0 radical (unpaired) electrons. The summed E-state index contributed by atoms with van der Waals surface area (Å²) >= 11 is 1.67. The van der Waals surface area contributed by atoms with Gasteiger partial charge in [0.1, 0.15) is 6.07 Å². The Hall–Kier alpha value is -2.30. The largest absolute Gasteiger partial charge is 0.359 e. The van der Waals surface area contributed by atoms with Gasteiger partial charge < -0.3 is 15.6 Å². The lowest BCUT2D eigenvalue weighted by Gasteiger charge is -2.19. The maximum absolute atomic E-state index is 9.22. The topological polar surface area (TPSA) is 80.7 Å². The van der Waals surface area contributed by atoms with Gasteiger partial charge >= 0.3 is 0 Å². The monoisotopic (exact) mass is 328 g/mol. The number of nitriles is 1. The first-order valence-corrected chi connectivity index (χ1v) is 8.14. The van der Waals surface area contributed by atoms with Gasteiger partial charge in [0.15, 0.2) is 0 Å². The summed E-state index contributed by atoms with van der Waals surface area (Å²) in [4.78, 5) is 3.08. The smallest absolute Gasteiger partial charge is 0.103 e. The molecule has 0 spiro atoms. The number of allylic oxidation sites excluding steroid dienone is 3. The summed E-state index contributed by atoms with van der Waals surface area (Å²) in [5, 5.41) is 24.0. The Labute approximate surface area is 140 Å². The molecule has 0 amide bonds. The zero-order valence-electron chi connectivity index (χ0n) is 13.5. The van der Waals surface area contributed by atoms with Gasteiger partial charge in [0.2, 0.25) is 0 Å². The number of rotatable bonds is 6. The third-order valence-corrected chi connectivity index (χ3v) is 4.29. The predicted molar refractivity (Wildman–Crippen MR) is 94.8 cm³/mol. The number of nitrogens with one attached hydrogen (secondary N) is 2. The van der Waals surface area contributed by atoms with Crippen LogP contribution in [0.4, 0.5) is 0 Å². The van der Waals surface area contributed by atoms with Crippen LogP contribution in [0.2, 0.25) is 0 Å². The summed E-state index contributed by atoms with van der Waals surface area (Å²) < 4.78 is 1.76. The highest BCUT2D eigenvalue weighted by Crippen LogP contribution is 2.31. The molecule has 0 saturated carbocycles. The van der Waals surface area contributed by atoms with E-state index in [0.717, 1.165) is 34.6 Å². The molecular formula is C16H20N6S. The van der Waals surface area contributed by atoms with Crippen molar-refractivity contribution in [2.45, 2.75) is 0 Å². The Morgan fingerprint density at radius 1 is 1.57 bits per heavy atom. The maximum Gasteiger partial charge on any atom is 0.103 e. The lowest BCUT2D eigenvalue weighted by Crippen LogP contribution is -2.17. The van der Waals surface area contributed by atoms with Crippen molar-refractivity contribution in [3.8, 4) is 6.07 Å². The van der Waals surface area contributed by atoms with Crippen molar-refractivity contribution in [1.29, 1.82) is 10.7 Å². The number of nitrogens with zero attached hydrogens (tertiary/aromatic N) is 4. The fourth-order valence-corrected chi connectivity index (χ4v) is 3.24. The molecule has 0 atom stereocenters. The summed E-state index contributed by atoms with van der Waals surface area (Å²) in [5.74, 6) is 0.904. The van der Waals surface area contributed by atoms with E-state index in [0.29, 0.717) is 11.3 Å². The molecule has 1 aromatic rings. The number of dihydropyridines is 1. The summed E-state index contributed by atoms with van der Waals surface area (Å²) in [7, 11) is 5.94. The van der Waals surface area contributed by atoms with Gasteiger partial charge in [-0.3, -0.25) is 4.68 Å². The second kappa shape index (κ2) is 7.81. The van der Waals surface area contributed by atoms with Crippen molar-refractivity contribution in [3.05, 3.63) is 46.4 Å². The Bertz CT molecular complexity index is 717. The molecule has 1 aromatic heterocycles. The minimum absolute atomic E-state index is 0.329. The lowest BCUT2D eigenvalue weighted by atomic mass is 10.1. The highest BCUT2D eigenvalue weighted by Gasteiger charge is 2.17.